The summed E-state index contributed by atoms with van der Waals surface area (Å²) in [7, 11) is 1.75. The largest absolute Gasteiger partial charge is 0.379 e. The van der Waals surface area contributed by atoms with Crippen LogP contribution in [0.2, 0.25) is 5.02 Å². The molecule has 1 saturated carbocycles. The highest BCUT2D eigenvalue weighted by Crippen LogP contribution is 2.42. The summed E-state index contributed by atoms with van der Waals surface area (Å²) in [5, 5.41) is 0.544. The molecular weight excluding hydrogens is 352 g/mol. The number of nitrogens with zero attached hydrogens (tertiary/aromatic N) is 2. The van der Waals surface area contributed by atoms with Gasteiger partial charge in [-0.1, -0.05) is 29.8 Å². The van der Waals surface area contributed by atoms with Crippen molar-refractivity contribution in [1.82, 2.24) is 9.80 Å². The Morgan fingerprint density at radius 1 is 1.38 bits per heavy atom. The predicted molar refractivity (Wildman–Crippen MR) is 101 cm³/mol. The summed E-state index contributed by atoms with van der Waals surface area (Å²) >= 11 is 6.46. The molecule has 5 nitrogen and oxygen atoms in total. The summed E-state index contributed by atoms with van der Waals surface area (Å²) in [6, 6.07) is 7.60. The van der Waals surface area contributed by atoms with Crippen molar-refractivity contribution in [2.24, 2.45) is 0 Å². The molecule has 2 fully saturated rings. The molecule has 2 atom stereocenters. The van der Waals surface area contributed by atoms with Gasteiger partial charge in [-0.05, 0) is 32.3 Å². The fourth-order valence-corrected chi connectivity index (χ4v) is 4.41. The molecule has 0 aromatic heterocycles. The Kier molecular flexibility index (Phi) is 6.00. The van der Waals surface area contributed by atoms with Gasteiger partial charge in [-0.15, -0.1) is 0 Å². The number of likely N-dealkylation sites (N-methyl/N-ethyl adjacent to an activating group) is 1. The number of amides is 1. The highest BCUT2D eigenvalue weighted by atomic mass is 35.5. The lowest BCUT2D eigenvalue weighted by Crippen LogP contribution is -2.57. The highest BCUT2D eigenvalue weighted by Gasteiger charge is 2.48. The molecule has 1 saturated heterocycles. The number of ketones is 1. The maximum Gasteiger partial charge on any atom is 0.237 e. The van der Waals surface area contributed by atoms with Gasteiger partial charge < -0.3 is 9.64 Å². The molecule has 3 rings (SSSR count). The third-order valence-corrected chi connectivity index (χ3v) is 6.09. The van der Waals surface area contributed by atoms with Crippen LogP contribution in [0.15, 0.2) is 24.3 Å². The lowest BCUT2D eigenvalue weighted by atomic mass is 9.74. The van der Waals surface area contributed by atoms with Gasteiger partial charge in [0.2, 0.25) is 5.91 Å². The van der Waals surface area contributed by atoms with Crippen LogP contribution in [-0.4, -0.2) is 60.9 Å². The molecule has 0 radical (unpaired) electrons. The average molecular weight is 379 g/mol. The van der Waals surface area contributed by atoms with Crippen LogP contribution in [0.25, 0.3) is 0 Å². The molecule has 1 amide bonds. The van der Waals surface area contributed by atoms with Gasteiger partial charge >= 0.3 is 0 Å². The van der Waals surface area contributed by atoms with E-state index in [1.54, 1.807) is 18.0 Å². The van der Waals surface area contributed by atoms with E-state index >= 15 is 0 Å². The van der Waals surface area contributed by atoms with E-state index in [0.717, 1.165) is 24.9 Å². The van der Waals surface area contributed by atoms with Crippen LogP contribution in [0.1, 0.15) is 38.2 Å². The minimum absolute atomic E-state index is 0.0473. The SMILES string of the molecule is C[C@H]1COCCN1CC(=O)N(C)[C@]1(c2ccccc2Cl)CCCCC1=O. The molecule has 0 spiro atoms. The Balaban J connectivity index is 1.90. The molecule has 142 valence electrons. The molecular formula is C20H27ClN2O3. The molecule has 1 aromatic rings. The standard InChI is InChI=1S/C20H27ClN2O3/c1-15-14-26-12-11-23(15)13-19(25)22(2)20(10-6-5-9-18(20)24)16-7-3-4-8-17(16)21/h3-4,7-8,15H,5-6,9-14H2,1-2H3/t15-,20-/m0/s1. The van der Waals surface area contributed by atoms with E-state index in [0.29, 0.717) is 37.6 Å². The van der Waals surface area contributed by atoms with Crippen LogP contribution in [0.5, 0.6) is 0 Å². The summed E-state index contributed by atoms with van der Waals surface area (Å²) in [6.07, 6.45) is 2.88. The number of halogens is 1. The van der Waals surface area contributed by atoms with Crippen molar-refractivity contribution in [2.45, 2.75) is 44.2 Å². The molecule has 1 heterocycles. The second-order valence-corrected chi connectivity index (χ2v) is 7.72. The molecule has 6 heteroatoms. The maximum absolute atomic E-state index is 13.1. The number of benzene rings is 1. The minimum atomic E-state index is -0.955. The molecule has 1 aliphatic carbocycles. The molecule has 26 heavy (non-hydrogen) atoms. The van der Waals surface area contributed by atoms with E-state index in [9.17, 15) is 9.59 Å². The second kappa shape index (κ2) is 8.07. The summed E-state index contributed by atoms with van der Waals surface area (Å²) in [6.45, 7) is 4.35. The van der Waals surface area contributed by atoms with Crippen LogP contribution in [0.4, 0.5) is 0 Å². The Morgan fingerprint density at radius 3 is 2.85 bits per heavy atom. The van der Waals surface area contributed by atoms with Gasteiger partial charge in [-0.2, -0.15) is 0 Å². The molecule has 0 unspecified atom stereocenters. The molecule has 1 aromatic carbocycles. The third-order valence-electron chi connectivity index (χ3n) is 5.76. The summed E-state index contributed by atoms with van der Waals surface area (Å²) in [4.78, 5) is 30.0. The highest BCUT2D eigenvalue weighted by molar-refractivity contribution is 6.31. The number of ether oxygens (including phenoxy) is 1. The zero-order valence-corrected chi connectivity index (χ0v) is 16.3. The molecule has 1 aliphatic heterocycles. The number of Topliss-reactive ketones (excluding diaryl/α,β-unsaturated/α-hetero) is 1. The van der Waals surface area contributed by atoms with Crippen LogP contribution in [0, 0.1) is 0 Å². The van der Waals surface area contributed by atoms with E-state index < -0.39 is 5.54 Å². The fourth-order valence-electron chi connectivity index (χ4n) is 4.12. The minimum Gasteiger partial charge on any atom is -0.379 e. The summed E-state index contributed by atoms with van der Waals surface area (Å²) < 4.78 is 5.45. The maximum atomic E-state index is 13.1. The van der Waals surface area contributed by atoms with Crippen LogP contribution in [-0.2, 0) is 19.9 Å². The number of carbonyl (C=O) groups excluding carboxylic acids is 2. The Bertz CT molecular complexity index is 681. The summed E-state index contributed by atoms with van der Waals surface area (Å²) in [5.74, 6) is 0.0386. The monoisotopic (exact) mass is 378 g/mol. The third kappa shape index (κ3) is 3.53. The van der Waals surface area contributed by atoms with Gasteiger partial charge in [-0.3, -0.25) is 14.5 Å². The Labute approximate surface area is 160 Å². The molecule has 0 N–H and O–H groups in total. The lowest BCUT2D eigenvalue weighted by Gasteiger charge is -2.45. The first-order valence-electron chi connectivity index (χ1n) is 9.33. The van der Waals surface area contributed by atoms with E-state index in [4.69, 9.17) is 16.3 Å². The Morgan fingerprint density at radius 2 is 2.15 bits per heavy atom. The topological polar surface area (TPSA) is 49.9 Å². The summed E-state index contributed by atoms with van der Waals surface area (Å²) in [5.41, 5.74) is -0.208. The van der Waals surface area contributed by atoms with Crippen LogP contribution in [0.3, 0.4) is 0 Å². The first-order chi connectivity index (χ1) is 12.5. The number of morpholine rings is 1. The van der Waals surface area contributed by atoms with Crippen molar-refractivity contribution < 1.29 is 14.3 Å². The Hall–Kier alpha value is -1.43. The normalized spacial score (nSPS) is 27.3. The van der Waals surface area contributed by atoms with Crippen LogP contribution >= 0.6 is 11.6 Å². The lowest BCUT2D eigenvalue weighted by molar-refractivity contribution is -0.150. The number of hydrogen-bond acceptors (Lipinski definition) is 4. The van der Waals surface area contributed by atoms with Gasteiger partial charge in [0.15, 0.2) is 5.78 Å². The van der Waals surface area contributed by atoms with E-state index in [2.05, 4.69) is 11.8 Å². The van der Waals surface area contributed by atoms with Gasteiger partial charge in [0.1, 0.15) is 5.54 Å². The average Bonchev–Trinajstić information content (AvgIpc) is 2.64. The number of hydrogen-bond donors (Lipinski definition) is 0. The number of carbonyl (C=O) groups is 2. The first-order valence-corrected chi connectivity index (χ1v) is 9.71. The van der Waals surface area contributed by atoms with Crippen molar-refractivity contribution in [1.29, 1.82) is 0 Å². The van der Waals surface area contributed by atoms with Gasteiger partial charge in [0, 0.05) is 36.6 Å². The number of rotatable bonds is 4. The van der Waals surface area contributed by atoms with E-state index in [1.807, 2.05) is 18.2 Å². The first kappa shape index (κ1) is 19.3. The van der Waals surface area contributed by atoms with Crippen molar-refractivity contribution in [3.05, 3.63) is 34.9 Å². The van der Waals surface area contributed by atoms with Crippen molar-refractivity contribution in [3.63, 3.8) is 0 Å². The van der Waals surface area contributed by atoms with Crippen LogP contribution < -0.4 is 0 Å². The van der Waals surface area contributed by atoms with E-state index in [-0.39, 0.29) is 17.7 Å². The van der Waals surface area contributed by atoms with Gasteiger partial charge in [0.05, 0.1) is 19.8 Å². The van der Waals surface area contributed by atoms with Gasteiger partial charge in [-0.25, -0.2) is 0 Å². The molecule has 0 bridgehead atoms. The second-order valence-electron chi connectivity index (χ2n) is 7.32. The van der Waals surface area contributed by atoms with Crippen molar-refractivity contribution in [2.75, 3.05) is 33.4 Å². The van der Waals surface area contributed by atoms with Crippen molar-refractivity contribution >= 4 is 23.3 Å². The fraction of sp³-hybridized carbons (Fsp3) is 0.600. The quantitative estimate of drug-likeness (QED) is 0.808. The molecule has 2 aliphatic rings. The smallest absolute Gasteiger partial charge is 0.237 e. The van der Waals surface area contributed by atoms with Gasteiger partial charge in [0.25, 0.3) is 0 Å². The van der Waals surface area contributed by atoms with E-state index in [1.165, 1.54) is 0 Å². The zero-order valence-electron chi connectivity index (χ0n) is 15.5. The zero-order chi connectivity index (χ0) is 18.7. The van der Waals surface area contributed by atoms with Crippen molar-refractivity contribution in [3.8, 4) is 0 Å². The predicted octanol–water partition coefficient (Wildman–Crippen LogP) is 2.86.